The Morgan fingerprint density at radius 2 is 2.30 bits per heavy atom. The summed E-state index contributed by atoms with van der Waals surface area (Å²) in [6.45, 7) is 6.52. The number of amides is 1. The number of hydrogen-bond donors (Lipinski definition) is 2. The highest BCUT2D eigenvalue weighted by Gasteiger charge is 2.22. The van der Waals surface area contributed by atoms with Crippen molar-refractivity contribution in [1.29, 1.82) is 0 Å². The van der Waals surface area contributed by atoms with Crippen LogP contribution in [-0.4, -0.2) is 31.6 Å². The molecule has 3 unspecified atom stereocenters. The molecule has 1 amide bonds. The zero-order valence-electron chi connectivity index (χ0n) is 14.0. The van der Waals surface area contributed by atoms with Gasteiger partial charge < -0.3 is 15.4 Å². The van der Waals surface area contributed by atoms with Gasteiger partial charge in [-0.2, -0.15) is 0 Å². The molecular weight excluding hydrogens is 295 g/mol. The number of carbonyl (C=O) groups excluding carboxylic acids is 1. The number of benzene rings is 1. The van der Waals surface area contributed by atoms with Gasteiger partial charge in [-0.1, -0.05) is 13.0 Å². The minimum atomic E-state index is -0.325. The van der Waals surface area contributed by atoms with Crippen LogP contribution in [0.1, 0.15) is 33.1 Å². The molecule has 23 heavy (non-hydrogen) atoms. The largest absolute Gasteiger partial charge is 0.489 e. The fraction of sp³-hybridized carbons (Fsp3) is 0.611. The summed E-state index contributed by atoms with van der Waals surface area (Å²) in [6, 6.07) is 6.03. The van der Waals surface area contributed by atoms with E-state index >= 15 is 0 Å². The summed E-state index contributed by atoms with van der Waals surface area (Å²) >= 11 is 0. The van der Waals surface area contributed by atoms with Crippen LogP contribution in [-0.2, 0) is 4.79 Å². The van der Waals surface area contributed by atoms with Crippen LogP contribution in [0.15, 0.2) is 24.3 Å². The van der Waals surface area contributed by atoms with Gasteiger partial charge in [-0.15, -0.1) is 0 Å². The van der Waals surface area contributed by atoms with Crippen LogP contribution in [0.2, 0.25) is 0 Å². The van der Waals surface area contributed by atoms with Crippen molar-refractivity contribution in [3.8, 4) is 5.75 Å². The highest BCUT2D eigenvalue weighted by atomic mass is 19.1. The maximum Gasteiger partial charge on any atom is 0.220 e. The third-order valence-electron chi connectivity index (χ3n) is 4.37. The summed E-state index contributed by atoms with van der Waals surface area (Å²) in [6.07, 6.45) is 2.72. The molecule has 1 aromatic carbocycles. The van der Waals surface area contributed by atoms with Gasteiger partial charge >= 0.3 is 0 Å². The van der Waals surface area contributed by atoms with Crippen molar-refractivity contribution in [2.75, 3.05) is 19.6 Å². The lowest BCUT2D eigenvalue weighted by Gasteiger charge is -2.28. The van der Waals surface area contributed by atoms with Crippen molar-refractivity contribution in [2.24, 2.45) is 11.8 Å². The normalized spacial score (nSPS) is 20.6. The average molecular weight is 322 g/mol. The van der Waals surface area contributed by atoms with Crippen molar-refractivity contribution in [3.63, 3.8) is 0 Å². The summed E-state index contributed by atoms with van der Waals surface area (Å²) in [7, 11) is 0. The number of ether oxygens (including phenoxy) is 1. The van der Waals surface area contributed by atoms with Crippen LogP contribution in [0.5, 0.6) is 5.75 Å². The Hall–Kier alpha value is -1.62. The summed E-state index contributed by atoms with van der Waals surface area (Å²) < 4.78 is 18.7. The van der Waals surface area contributed by atoms with Crippen molar-refractivity contribution in [3.05, 3.63) is 30.1 Å². The highest BCUT2D eigenvalue weighted by molar-refractivity contribution is 5.76. The van der Waals surface area contributed by atoms with Gasteiger partial charge in [0.1, 0.15) is 17.7 Å². The quantitative estimate of drug-likeness (QED) is 0.811. The Balaban J connectivity index is 1.68. The van der Waals surface area contributed by atoms with E-state index in [1.54, 1.807) is 12.1 Å². The zero-order valence-corrected chi connectivity index (χ0v) is 14.0. The second kappa shape index (κ2) is 8.87. The fourth-order valence-electron chi connectivity index (χ4n) is 2.97. The van der Waals surface area contributed by atoms with Crippen LogP contribution >= 0.6 is 0 Å². The average Bonchev–Trinajstić information content (AvgIpc) is 2.54. The van der Waals surface area contributed by atoms with Gasteiger partial charge in [0, 0.05) is 12.5 Å². The summed E-state index contributed by atoms with van der Waals surface area (Å²) in [5, 5.41) is 6.30. The van der Waals surface area contributed by atoms with E-state index < -0.39 is 0 Å². The molecule has 0 bridgehead atoms. The van der Waals surface area contributed by atoms with E-state index in [4.69, 9.17) is 4.74 Å². The molecule has 1 saturated heterocycles. The van der Waals surface area contributed by atoms with E-state index in [9.17, 15) is 9.18 Å². The molecule has 0 radical (unpaired) electrons. The van der Waals surface area contributed by atoms with E-state index in [0.717, 1.165) is 13.1 Å². The maximum absolute atomic E-state index is 13.1. The first-order valence-electron chi connectivity index (χ1n) is 8.44. The van der Waals surface area contributed by atoms with Gasteiger partial charge in [0.05, 0.1) is 6.54 Å². The Morgan fingerprint density at radius 1 is 1.48 bits per heavy atom. The van der Waals surface area contributed by atoms with E-state index in [0.29, 0.717) is 30.6 Å². The topological polar surface area (TPSA) is 50.4 Å². The minimum absolute atomic E-state index is 0.0535. The van der Waals surface area contributed by atoms with Crippen molar-refractivity contribution >= 4 is 5.91 Å². The van der Waals surface area contributed by atoms with Gasteiger partial charge in [0.25, 0.3) is 0 Å². The van der Waals surface area contributed by atoms with Crippen LogP contribution in [0, 0.1) is 17.7 Å². The third-order valence-corrected chi connectivity index (χ3v) is 4.37. The predicted molar refractivity (Wildman–Crippen MR) is 88.9 cm³/mol. The summed E-state index contributed by atoms with van der Waals surface area (Å²) in [4.78, 5) is 12.1. The number of rotatable bonds is 7. The first kappa shape index (κ1) is 17.7. The molecule has 4 nitrogen and oxygen atoms in total. The molecule has 1 aliphatic heterocycles. The van der Waals surface area contributed by atoms with Crippen LogP contribution in [0.4, 0.5) is 4.39 Å². The molecule has 128 valence electrons. The van der Waals surface area contributed by atoms with E-state index in [2.05, 4.69) is 17.6 Å². The molecule has 5 heteroatoms. The molecule has 0 aliphatic carbocycles. The highest BCUT2D eigenvalue weighted by Crippen LogP contribution is 2.22. The standard InChI is InChI=1S/C18H27FN2O2/c1-13(15-5-4-8-20-12-15)9-18(22)21-11-14(2)23-17-7-3-6-16(19)10-17/h3,6-7,10,13-15,20H,4-5,8-9,11-12H2,1-2H3,(H,21,22). The molecule has 3 atom stereocenters. The monoisotopic (exact) mass is 322 g/mol. The molecule has 1 fully saturated rings. The fourth-order valence-corrected chi connectivity index (χ4v) is 2.97. The Bertz CT molecular complexity index is 504. The smallest absolute Gasteiger partial charge is 0.220 e. The van der Waals surface area contributed by atoms with Gasteiger partial charge in [-0.25, -0.2) is 4.39 Å². The van der Waals surface area contributed by atoms with Crippen molar-refractivity contribution in [1.82, 2.24) is 10.6 Å². The molecule has 2 N–H and O–H groups in total. The van der Waals surface area contributed by atoms with Gasteiger partial charge in [-0.3, -0.25) is 4.79 Å². The van der Waals surface area contributed by atoms with Gasteiger partial charge in [-0.05, 0) is 56.8 Å². The second-order valence-corrected chi connectivity index (χ2v) is 6.48. The predicted octanol–water partition coefficient (Wildman–Crippen LogP) is 2.74. The molecule has 0 aromatic heterocycles. The lowest BCUT2D eigenvalue weighted by Crippen LogP contribution is -2.37. The number of hydrogen-bond acceptors (Lipinski definition) is 3. The zero-order chi connectivity index (χ0) is 16.7. The van der Waals surface area contributed by atoms with E-state index in [1.807, 2.05) is 6.92 Å². The van der Waals surface area contributed by atoms with Crippen LogP contribution in [0.3, 0.4) is 0 Å². The number of nitrogens with one attached hydrogen (secondary N) is 2. The summed E-state index contributed by atoms with van der Waals surface area (Å²) in [5.41, 5.74) is 0. The Kier molecular flexibility index (Phi) is 6.84. The number of piperidine rings is 1. The van der Waals surface area contributed by atoms with Crippen molar-refractivity contribution in [2.45, 2.75) is 39.2 Å². The lowest BCUT2D eigenvalue weighted by molar-refractivity contribution is -0.122. The molecule has 0 saturated carbocycles. The minimum Gasteiger partial charge on any atom is -0.489 e. The molecule has 1 aromatic rings. The van der Waals surface area contributed by atoms with Crippen molar-refractivity contribution < 1.29 is 13.9 Å². The Morgan fingerprint density at radius 3 is 3.00 bits per heavy atom. The summed E-state index contributed by atoms with van der Waals surface area (Å²) in [5.74, 6) is 1.16. The Labute approximate surface area is 137 Å². The van der Waals surface area contributed by atoms with Gasteiger partial charge in [0.2, 0.25) is 5.91 Å². The SMILES string of the molecule is CC(CNC(=O)CC(C)C1CCCNC1)Oc1cccc(F)c1. The molecule has 2 rings (SSSR count). The maximum atomic E-state index is 13.1. The number of halogens is 1. The molecule has 0 spiro atoms. The van der Waals surface area contributed by atoms with E-state index in [-0.39, 0.29) is 17.8 Å². The third kappa shape index (κ3) is 6.18. The number of carbonyl (C=O) groups is 1. The first-order chi connectivity index (χ1) is 11.0. The first-order valence-corrected chi connectivity index (χ1v) is 8.44. The van der Waals surface area contributed by atoms with Crippen LogP contribution in [0.25, 0.3) is 0 Å². The second-order valence-electron chi connectivity index (χ2n) is 6.48. The lowest BCUT2D eigenvalue weighted by atomic mass is 9.85. The van der Waals surface area contributed by atoms with Crippen LogP contribution < -0.4 is 15.4 Å². The van der Waals surface area contributed by atoms with Gasteiger partial charge in [0.15, 0.2) is 0 Å². The molecular formula is C18H27FN2O2. The molecule has 1 heterocycles. The van der Waals surface area contributed by atoms with E-state index in [1.165, 1.54) is 25.0 Å². The molecule has 1 aliphatic rings.